The van der Waals surface area contributed by atoms with Gasteiger partial charge in [0.1, 0.15) is 5.03 Å². The maximum atomic E-state index is 11.2. The molecule has 1 aromatic heterocycles. The minimum Gasteiger partial charge on any atom is -0.298 e. The summed E-state index contributed by atoms with van der Waals surface area (Å²) >= 11 is 1.77. The van der Waals surface area contributed by atoms with Gasteiger partial charge in [-0.25, -0.2) is 4.98 Å². The van der Waals surface area contributed by atoms with E-state index in [-0.39, 0.29) is 0 Å². The molecule has 92 valence electrons. The number of thioether (sulfide) groups is 1. The van der Waals surface area contributed by atoms with Crippen LogP contribution in [-0.2, 0) is 0 Å². The van der Waals surface area contributed by atoms with E-state index in [0.29, 0.717) is 5.25 Å². The monoisotopic (exact) mass is 257 g/mol. The van der Waals surface area contributed by atoms with E-state index in [0.717, 1.165) is 27.8 Å². The molecule has 1 aliphatic carbocycles. The lowest BCUT2D eigenvalue weighted by atomic mass is 10.2. The fourth-order valence-corrected chi connectivity index (χ4v) is 3.74. The lowest BCUT2D eigenvalue weighted by molar-refractivity contribution is 0.112. The molecule has 0 aliphatic heterocycles. The van der Waals surface area contributed by atoms with Gasteiger partial charge in [-0.1, -0.05) is 31.0 Å². The van der Waals surface area contributed by atoms with Gasteiger partial charge in [0.2, 0.25) is 0 Å². The molecular formula is C15H15NOS. The zero-order valence-electron chi connectivity index (χ0n) is 10.1. The number of aldehydes is 1. The number of para-hydroxylation sites is 1. The molecule has 1 saturated carbocycles. The molecular weight excluding hydrogens is 242 g/mol. The second-order valence-corrected chi connectivity index (χ2v) is 6.01. The van der Waals surface area contributed by atoms with Gasteiger partial charge in [0.15, 0.2) is 6.29 Å². The highest BCUT2D eigenvalue weighted by Crippen LogP contribution is 2.35. The summed E-state index contributed by atoms with van der Waals surface area (Å²) < 4.78 is 0. The molecule has 3 rings (SSSR count). The number of hydrogen-bond donors (Lipinski definition) is 0. The quantitative estimate of drug-likeness (QED) is 0.776. The van der Waals surface area contributed by atoms with Crippen molar-refractivity contribution < 1.29 is 4.79 Å². The molecule has 0 unspecified atom stereocenters. The first-order valence-electron chi connectivity index (χ1n) is 6.38. The minimum absolute atomic E-state index is 0.636. The summed E-state index contributed by atoms with van der Waals surface area (Å²) in [6, 6.07) is 9.91. The van der Waals surface area contributed by atoms with E-state index in [9.17, 15) is 4.79 Å². The highest BCUT2D eigenvalue weighted by molar-refractivity contribution is 7.99. The first-order valence-corrected chi connectivity index (χ1v) is 7.26. The molecule has 2 nitrogen and oxygen atoms in total. The first-order chi connectivity index (χ1) is 8.86. The number of nitrogens with zero attached hydrogens (tertiary/aromatic N) is 1. The third-order valence-electron chi connectivity index (χ3n) is 3.42. The predicted molar refractivity (Wildman–Crippen MR) is 75.2 cm³/mol. The van der Waals surface area contributed by atoms with E-state index in [4.69, 9.17) is 0 Å². The fraction of sp³-hybridized carbons (Fsp3) is 0.333. The minimum atomic E-state index is 0.636. The van der Waals surface area contributed by atoms with E-state index in [1.165, 1.54) is 25.7 Å². The summed E-state index contributed by atoms with van der Waals surface area (Å²) in [6.45, 7) is 0. The van der Waals surface area contributed by atoms with Crippen LogP contribution in [0.15, 0.2) is 35.4 Å². The van der Waals surface area contributed by atoms with E-state index in [1.54, 1.807) is 11.8 Å². The molecule has 0 bridgehead atoms. The Labute approximate surface area is 111 Å². The number of pyridine rings is 1. The molecule has 1 heterocycles. The maximum Gasteiger partial charge on any atom is 0.152 e. The Hall–Kier alpha value is -1.35. The van der Waals surface area contributed by atoms with Gasteiger partial charge >= 0.3 is 0 Å². The molecule has 0 N–H and O–H groups in total. The van der Waals surface area contributed by atoms with E-state index < -0.39 is 0 Å². The highest BCUT2D eigenvalue weighted by atomic mass is 32.2. The zero-order valence-corrected chi connectivity index (χ0v) is 11.0. The topological polar surface area (TPSA) is 30.0 Å². The molecule has 18 heavy (non-hydrogen) atoms. The van der Waals surface area contributed by atoms with Gasteiger partial charge in [0, 0.05) is 16.2 Å². The molecule has 2 aromatic rings. The largest absolute Gasteiger partial charge is 0.298 e. The second kappa shape index (κ2) is 5.11. The van der Waals surface area contributed by atoms with Crippen LogP contribution in [0.25, 0.3) is 10.9 Å². The van der Waals surface area contributed by atoms with Gasteiger partial charge in [-0.05, 0) is 25.0 Å². The Morgan fingerprint density at radius 3 is 2.78 bits per heavy atom. The molecule has 0 saturated heterocycles. The third-order valence-corrected chi connectivity index (χ3v) is 4.78. The van der Waals surface area contributed by atoms with E-state index >= 15 is 0 Å². The standard InChI is InChI=1S/C15H15NOS/c17-10-12-9-11-5-1-4-8-14(11)16-15(12)18-13-6-2-3-7-13/h1,4-5,8-10,13H,2-3,6-7H2. The number of rotatable bonds is 3. The molecule has 0 amide bonds. The van der Waals surface area contributed by atoms with Crippen LogP contribution in [0, 0.1) is 0 Å². The van der Waals surface area contributed by atoms with Gasteiger partial charge in [-0.2, -0.15) is 0 Å². The fourth-order valence-electron chi connectivity index (χ4n) is 2.46. The third kappa shape index (κ3) is 2.27. The van der Waals surface area contributed by atoms with Gasteiger partial charge in [-0.15, -0.1) is 11.8 Å². The molecule has 0 atom stereocenters. The lowest BCUT2D eigenvalue weighted by Crippen LogP contribution is -1.98. The van der Waals surface area contributed by atoms with Crippen LogP contribution in [0.3, 0.4) is 0 Å². The summed E-state index contributed by atoms with van der Waals surface area (Å²) in [4.78, 5) is 15.8. The normalized spacial score (nSPS) is 16.2. The molecule has 1 aromatic carbocycles. The molecule has 1 aliphatic rings. The summed E-state index contributed by atoms with van der Waals surface area (Å²) in [5.41, 5.74) is 1.70. The van der Waals surface area contributed by atoms with Crippen molar-refractivity contribution in [3.63, 3.8) is 0 Å². The summed E-state index contributed by atoms with van der Waals surface area (Å²) in [7, 11) is 0. The Morgan fingerprint density at radius 1 is 1.22 bits per heavy atom. The number of benzene rings is 1. The van der Waals surface area contributed by atoms with Crippen LogP contribution >= 0.6 is 11.8 Å². The molecule has 3 heteroatoms. The smallest absolute Gasteiger partial charge is 0.152 e. The Morgan fingerprint density at radius 2 is 2.00 bits per heavy atom. The van der Waals surface area contributed by atoms with E-state index in [1.807, 2.05) is 30.3 Å². The van der Waals surface area contributed by atoms with Crippen LogP contribution in [0.5, 0.6) is 0 Å². The van der Waals surface area contributed by atoms with Gasteiger partial charge in [-0.3, -0.25) is 4.79 Å². The maximum absolute atomic E-state index is 11.2. The van der Waals surface area contributed by atoms with Crippen LogP contribution in [0.2, 0.25) is 0 Å². The average molecular weight is 257 g/mol. The van der Waals surface area contributed by atoms with Crippen LogP contribution in [0.1, 0.15) is 36.0 Å². The lowest BCUT2D eigenvalue weighted by Gasteiger charge is -2.10. The summed E-state index contributed by atoms with van der Waals surface area (Å²) in [6.07, 6.45) is 6.04. The first kappa shape index (κ1) is 11.7. The number of carbonyl (C=O) groups excluding carboxylic acids is 1. The summed E-state index contributed by atoms with van der Waals surface area (Å²) in [5.74, 6) is 0. The van der Waals surface area contributed by atoms with Gasteiger partial charge in [0.25, 0.3) is 0 Å². The predicted octanol–water partition coefficient (Wildman–Crippen LogP) is 4.08. The summed E-state index contributed by atoms with van der Waals surface area (Å²) in [5, 5.41) is 2.57. The second-order valence-electron chi connectivity index (χ2n) is 4.72. The number of hydrogen-bond acceptors (Lipinski definition) is 3. The van der Waals surface area contributed by atoms with Crippen LogP contribution < -0.4 is 0 Å². The van der Waals surface area contributed by atoms with Crippen molar-refractivity contribution in [1.82, 2.24) is 4.98 Å². The van der Waals surface area contributed by atoms with Crippen molar-refractivity contribution in [2.24, 2.45) is 0 Å². The van der Waals surface area contributed by atoms with Gasteiger partial charge in [0.05, 0.1) is 5.52 Å². The Kier molecular flexibility index (Phi) is 3.33. The zero-order chi connectivity index (χ0) is 12.4. The van der Waals surface area contributed by atoms with E-state index in [2.05, 4.69) is 4.98 Å². The molecule has 0 radical (unpaired) electrons. The Balaban J connectivity index is 2.00. The van der Waals surface area contributed by atoms with Crippen LogP contribution in [0.4, 0.5) is 0 Å². The Bertz CT molecular complexity index is 576. The average Bonchev–Trinajstić information content (AvgIpc) is 2.91. The van der Waals surface area contributed by atoms with Crippen molar-refractivity contribution in [3.05, 3.63) is 35.9 Å². The number of carbonyl (C=O) groups is 1. The van der Waals surface area contributed by atoms with Crippen molar-refractivity contribution in [3.8, 4) is 0 Å². The van der Waals surface area contributed by atoms with Gasteiger partial charge < -0.3 is 0 Å². The highest BCUT2D eigenvalue weighted by Gasteiger charge is 2.18. The molecule has 0 spiro atoms. The van der Waals surface area contributed by atoms with Crippen LogP contribution in [-0.4, -0.2) is 16.5 Å². The number of aromatic nitrogens is 1. The SMILES string of the molecule is O=Cc1cc2ccccc2nc1SC1CCCC1. The van der Waals surface area contributed by atoms with Crippen molar-refractivity contribution in [1.29, 1.82) is 0 Å². The molecule has 1 fully saturated rings. The number of fused-ring (bicyclic) bond motifs is 1. The van der Waals surface area contributed by atoms with Crippen molar-refractivity contribution in [2.75, 3.05) is 0 Å². The van der Waals surface area contributed by atoms with Crippen molar-refractivity contribution >= 4 is 29.0 Å². The van der Waals surface area contributed by atoms with Crippen molar-refractivity contribution in [2.45, 2.75) is 36.0 Å².